The molecule has 6 nitrogen and oxygen atoms in total. The van der Waals surface area contributed by atoms with Gasteiger partial charge < -0.3 is 10.0 Å². The van der Waals surface area contributed by atoms with E-state index in [1.807, 2.05) is 43.3 Å². The zero-order valence-corrected chi connectivity index (χ0v) is 16.1. The highest BCUT2D eigenvalue weighted by Crippen LogP contribution is 2.38. The number of rotatable bonds is 5. The van der Waals surface area contributed by atoms with Crippen LogP contribution >= 0.6 is 0 Å². The van der Waals surface area contributed by atoms with E-state index in [1.54, 1.807) is 22.6 Å². The average Bonchev–Trinajstić information content (AvgIpc) is 2.92. The molecule has 1 atom stereocenters. The van der Waals surface area contributed by atoms with Gasteiger partial charge in [0.05, 0.1) is 16.8 Å². The first-order valence-corrected chi connectivity index (χ1v) is 9.48. The highest BCUT2D eigenvalue weighted by atomic mass is 16.3. The van der Waals surface area contributed by atoms with Gasteiger partial charge in [-0.15, -0.1) is 0 Å². The van der Waals surface area contributed by atoms with Crippen molar-refractivity contribution < 1.29 is 9.90 Å². The molecule has 144 valence electrons. The number of aromatic nitrogens is 2. The maximum absolute atomic E-state index is 13.0. The lowest BCUT2D eigenvalue weighted by molar-refractivity contribution is -0.119. The van der Waals surface area contributed by atoms with Crippen LogP contribution in [0.5, 0.6) is 0 Å². The van der Waals surface area contributed by atoms with Crippen molar-refractivity contribution in [2.75, 3.05) is 18.6 Å². The minimum Gasteiger partial charge on any atom is -0.396 e. The van der Waals surface area contributed by atoms with E-state index in [1.165, 1.54) is 0 Å². The highest BCUT2D eigenvalue weighted by Gasteiger charge is 2.36. The number of anilines is 1. The van der Waals surface area contributed by atoms with Crippen LogP contribution in [0, 0.1) is 6.92 Å². The van der Waals surface area contributed by atoms with Crippen molar-refractivity contribution >= 4 is 22.5 Å². The number of fused-ring (bicyclic) bond motifs is 2. The van der Waals surface area contributed by atoms with E-state index >= 15 is 0 Å². The SMILES string of the molecule is Cc1ccc2c(c1)C(Cc1nc3ccccc3c(=O)n1CCCO)C(=O)N2C. The molecule has 1 amide bonds. The Hall–Kier alpha value is -2.99. The first kappa shape index (κ1) is 18.4. The summed E-state index contributed by atoms with van der Waals surface area (Å²) in [6, 6.07) is 13.2. The fourth-order valence-corrected chi connectivity index (χ4v) is 3.95. The van der Waals surface area contributed by atoms with Crippen LogP contribution in [0.1, 0.15) is 29.3 Å². The number of hydrogen-bond acceptors (Lipinski definition) is 4. The molecule has 1 aliphatic heterocycles. The maximum atomic E-state index is 13.0. The lowest BCUT2D eigenvalue weighted by Gasteiger charge is -2.16. The maximum Gasteiger partial charge on any atom is 0.261 e. The Kier molecular flexibility index (Phi) is 4.73. The Labute approximate surface area is 163 Å². The molecular weight excluding hydrogens is 354 g/mol. The van der Waals surface area contributed by atoms with Gasteiger partial charge in [0.2, 0.25) is 5.91 Å². The summed E-state index contributed by atoms with van der Waals surface area (Å²) in [6.45, 7) is 2.37. The number of likely N-dealkylation sites (N-methyl/N-ethyl adjacent to an activating group) is 1. The molecular formula is C22H23N3O3. The molecule has 1 unspecified atom stereocenters. The topological polar surface area (TPSA) is 75.4 Å². The lowest BCUT2D eigenvalue weighted by atomic mass is 9.95. The predicted octanol–water partition coefficient (Wildman–Crippen LogP) is 2.39. The zero-order chi connectivity index (χ0) is 19.8. The standard InChI is InChI=1S/C22H23N3O3/c1-14-8-9-19-16(12-14)17(21(27)24(19)2)13-20-23-18-7-4-3-6-15(18)22(28)25(20)10-5-11-26/h3-4,6-9,12,17,26H,5,10-11,13H2,1-2H3. The third kappa shape index (κ3) is 2.99. The van der Waals surface area contributed by atoms with Gasteiger partial charge in [-0.2, -0.15) is 0 Å². The van der Waals surface area contributed by atoms with Gasteiger partial charge in [-0.1, -0.05) is 29.8 Å². The Bertz CT molecular complexity index is 1120. The average molecular weight is 377 g/mol. The van der Waals surface area contributed by atoms with E-state index in [0.717, 1.165) is 16.8 Å². The van der Waals surface area contributed by atoms with Crippen molar-refractivity contribution in [3.63, 3.8) is 0 Å². The van der Waals surface area contributed by atoms with Gasteiger partial charge in [0, 0.05) is 32.3 Å². The van der Waals surface area contributed by atoms with Crippen LogP contribution in [0.25, 0.3) is 10.9 Å². The molecule has 0 spiro atoms. The molecule has 1 N–H and O–H groups in total. The number of carbonyl (C=O) groups is 1. The third-order valence-corrected chi connectivity index (χ3v) is 5.42. The highest BCUT2D eigenvalue weighted by molar-refractivity contribution is 6.04. The molecule has 0 bridgehead atoms. The Morgan fingerprint density at radius 3 is 2.71 bits per heavy atom. The summed E-state index contributed by atoms with van der Waals surface area (Å²) in [5, 5.41) is 9.80. The second-order valence-corrected chi connectivity index (χ2v) is 7.30. The van der Waals surface area contributed by atoms with Crippen molar-refractivity contribution in [2.45, 2.75) is 32.2 Å². The Morgan fingerprint density at radius 2 is 1.93 bits per heavy atom. The number of aryl methyl sites for hydroxylation is 1. The van der Waals surface area contributed by atoms with Crippen LogP contribution in [-0.2, 0) is 17.8 Å². The number of nitrogens with zero attached hydrogens (tertiary/aromatic N) is 3. The van der Waals surface area contributed by atoms with Crippen molar-refractivity contribution in [1.29, 1.82) is 0 Å². The second kappa shape index (κ2) is 7.20. The number of amides is 1. The number of benzene rings is 2. The van der Waals surface area contributed by atoms with Crippen LogP contribution in [0.3, 0.4) is 0 Å². The fourth-order valence-electron chi connectivity index (χ4n) is 3.95. The Balaban J connectivity index is 1.83. The van der Waals surface area contributed by atoms with Gasteiger partial charge in [0.25, 0.3) is 5.56 Å². The van der Waals surface area contributed by atoms with Gasteiger partial charge in [-0.25, -0.2) is 4.98 Å². The van der Waals surface area contributed by atoms with Crippen LogP contribution in [0.4, 0.5) is 5.69 Å². The van der Waals surface area contributed by atoms with Crippen molar-refractivity contribution in [3.05, 3.63) is 69.8 Å². The molecule has 0 saturated heterocycles. The Morgan fingerprint density at radius 1 is 1.14 bits per heavy atom. The van der Waals surface area contributed by atoms with E-state index in [2.05, 4.69) is 0 Å². The van der Waals surface area contributed by atoms with Crippen molar-refractivity contribution in [3.8, 4) is 0 Å². The summed E-state index contributed by atoms with van der Waals surface area (Å²) < 4.78 is 1.61. The predicted molar refractivity (Wildman–Crippen MR) is 109 cm³/mol. The number of aliphatic hydroxyl groups excluding tert-OH is 1. The number of para-hydroxylation sites is 1. The number of hydrogen-bond donors (Lipinski definition) is 1. The molecule has 0 saturated carbocycles. The minimum atomic E-state index is -0.367. The van der Waals surface area contributed by atoms with Gasteiger partial charge in [-0.05, 0) is 37.1 Å². The van der Waals surface area contributed by atoms with Crippen LogP contribution < -0.4 is 10.5 Å². The van der Waals surface area contributed by atoms with Gasteiger partial charge >= 0.3 is 0 Å². The molecule has 1 aliphatic rings. The fraction of sp³-hybridized carbons (Fsp3) is 0.318. The quantitative estimate of drug-likeness (QED) is 0.741. The molecule has 1 aromatic heterocycles. The van der Waals surface area contributed by atoms with E-state index in [9.17, 15) is 14.7 Å². The molecule has 6 heteroatoms. The van der Waals surface area contributed by atoms with Crippen LogP contribution in [0.15, 0.2) is 47.3 Å². The summed E-state index contributed by atoms with van der Waals surface area (Å²) in [5.41, 5.74) is 3.48. The molecule has 0 aliphatic carbocycles. The van der Waals surface area contributed by atoms with E-state index in [4.69, 9.17) is 4.98 Å². The summed E-state index contributed by atoms with van der Waals surface area (Å²) in [4.78, 5) is 32.3. The second-order valence-electron chi connectivity index (χ2n) is 7.30. The third-order valence-electron chi connectivity index (χ3n) is 5.42. The largest absolute Gasteiger partial charge is 0.396 e. The van der Waals surface area contributed by atoms with Crippen molar-refractivity contribution in [2.24, 2.45) is 0 Å². The molecule has 0 radical (unpaired) electrons. The number of carbonyl (C=O) groups excluding carboxylic acids is 1. The lowest BCUT2D eigenvalue weighted by Crippen LogP contribution is -2.30. The first-order valence-electron chi connectivity index (χ1n) is 9.48. The molecule has 28 heavy (non-hydrogen) atoms. The zero-order valence-electron chi connectivity index (χ0n) is 16.1. The monoisotopic (exact) mass is 377 g/mol. The van der Waals surface area contributed by atoms with E-state index in [0.29, 0.717) is 36.1 Å². The van der Waals surface area contributed by atoms with E-state index < -0.39 is 0 Å². The molecule has 3 aromatic rings. The van der Waals surface area contributed by atoms with Crippen LogP contribution in [-0.4, -0.2) is 34.2 Å². The summed E-state index contributed by atoms with van der Waals surface area (Å²) in [7, 11) is 1.78. The number of aliphatic hydroxyl groups is 1. The molecule has 2 aromatic carbocycles. The summed E-state index contributed by atoms with van der Waals surface area (Å²) >= 11 is 0. The summed E-state index contributed by atoms with van der Waals surface area (Å²) in [5.74, 6) is 0.225. The van der Waals surface area contributed by atoms with Gasteiger partial charge in [0.1, 0.15) is 5.82 Å². The smallest absolute Gasteiger partial charge is 0.261 e. The normalized spacial score (nSPS) is 16.0. The molecule has 2 heterocycles. The molecule has 0 fully saturated rings. The first-order chi connectivity index (χ1) is 13.5. The minimum absolute atomic E-state index is 0.00810. The molecule has 4 rings (SSSR count). The van der Waals surface area contributed by atoms with Crippen LogP contribution in [0.2, 0.25) is 0 Å². The van der Waals surface area contributed by atoms with Gasteiger partial charge in [0.15, 0.2) is 0 Å². The van der Waals surface area contributed by atoms with E-state index in [-0.39, 0.29) is 24.0 Å². The summed E-state index contributed by atoms with van der Waals surface area (Å²) in [6.07, 6.45) is 0.812. The van der Waals surface area contributed by atoms with Gasteiger partial charge in [-0.3, -0.25) is 14.2 Å². The van der Waals surface area contributed by atoms with Crippen molar-refractivity contribution in [1.82, 2.24) is 9.55 Å².